The molecule has 0 unspecified atom stereocenters. The third-order valence-electron chi connectivity index (χ3n) is 3.75. The summed E-state index contributed by atoms with van der Waals surface area (Å²) < 4.78 is 7.15. The third-order valence-corrected chi connectivity index (χ3v) is 3.75. The molecule has 0 radical (unpaired) electrons. The number of ether oxygens (including phenoxy) is 1. The number of nitrogens with one attached hydrogen (secondary N) is 2. The van der Waals surface area contributed by atoms with E-state index in [1.165, 1.54) is 14.0 Å². The van der Waals surface area contributed by atoms with E-state index in [9.17, 15) is 14.4 Å². The molecule has 0 saturated heterocycles. The van der Waals surface area contributed by atoms with Crippen molar-refractivity contribution in [1.29, 1.82) is 0 Å². The summed E-state index contributed by atoms with van der Waals surface area (Å²) in [7, 11) is 1.38. The van der Waals surface area contributed by atoms with Crippen LogP contribution in [0.1, 0.15) is 28.7 Å². The number of hydrogen-bond acceptors (Lipinski definition) is 4. The van der Waals surface area contributed by atoms with Crippen LogP contribution in [0.4, 0.5) is 4.79 Å². The molecule has 0 aliphatic rings. The lowest BCUT2D eigenvalue weighted by molar-refractivity contribution is -0.127. The molecule has 1 aromatic heterocycles. The van der Waals surface area contributed by atoms with Gasteiger partial charge in [-0.05, 0) is 57.2 Å². The van der Waals surface area contributed by atoms with Gasteiger partial charge in [-0.3, -0.25) is 10.1 Å². The highest BCUT2D eigenvalue weighted by atomic mass is 16.5. The molecule has 25 heavy (non-hydrogen) atoms. The molecular weight excluding hydrogens is 322 g/mol. The molecule has 1 atom stereocenters. The van der Waals surface area contributed by atoms with Gasteiger partial charge in [-0.15, -0.1) is 0 Å². The minimum Gasteiger partial charge on any atom is -0.449 e. The first-order valence-corrected chi connectivity index (χ1v) is 7.82. The fourth-order valence-electron chi connectivity index (χ4n) is 2.38. The minimum absolute atomic E-state index is 0.325. The summed E-state index contributed by atoms with van der Waals surface area (Å²) in [6.07, 6.45) is -1.08. The summed E-state index contributed by atoms with van der Waals surface area (Å²) >= 11 is 0. The van der Waals surface area contributed by atoms with Gasteiger partial charge in [0, 0.05) is 24.1 Å². The highest BCUT2D eigenvalue weighted by Gasteiger charge is 2.20. The average Bonchev–Trinajstić information content (AvgIpc) is 2.93. The van der Waals surface area contributed by atoms with Gasteiger partial charge in [0.1, 0.15) is 0 Å². The summed E-state index contributed by atoms with van der Waals surface area (Å²) in [5.41, 5.74) is 3.44. The summed E-state index contributed by atoms with van der Waals surface area (Å²) in [5.74, 6) is -1.32. The molecule has 0 bridgehead atoms. The van der Waals surface area contributed by atoms with E-state index in [2.05, 4.69) is 15.2 Å². The highest BCUT2D eigenvalue weighted by molar-refractivity contribution is 5.98. The van der Waals surface area contributed by atoms with E-state index in [1.807, 2.05) is 38.1 Å². The van der Waals surface area contributed by atoms with Crippen LogP contribution in [0.15, 0.2) is 36.4 Å². The average molecular weight is 343 g/mol. The van der Waals surface area contributed by atoms with Gasteiger partial charge in [0.2, 0.25) is 0 Å². The number of nitrogens with zero attached hydrogens (tertiary/aromatic N) is 1. The first kappa shape index (κ1) is 18.3. The van der Waals surface area contributed by atoms with E-state index in [0.29, 0.717) is 5.56 Å². The van der Waals surface area contributed by atoms with Crippen LogP contribution in [0.25, 0.3) is 5.69 Å². The molecule has 1 heterocycles. The van der Waals surface area contributed by atoms with Gasteiger partial charge >= 0.3 is 12.0 Å². The van der Waals surface area contributed by atoms with Crippen LogP contribution in [0.3, 0.4) is 0 Å². The Kier molecular flexibility index (Phi) is 5.59. The van der Waals surface area contributed by atoms with Gasteiger partial charge in [0.05, 0.1) is 5.56 Å². The zero-order chi connectivity index (χ0) is 18.6. The van der Waals surface area contributed by atoms with Crippen molar-refractivity contribution in [3.63, 3.8) is 0 Å². The fraction of sp³-hybridized carbons (Fsp3) is 0.278. The number of aromatic nitrogens is 1. The van der Waals surface area contributed by atoms with Crippen LogP contribution >= 0.6 is 0 Å². The summed E-state index contributed by atoms with van der Waals surface area (Å²) in [4.78, 5) is 34.9. The Morgan fingerprint density at radius 2 is 1.56 bits per heavy atom. The molecule has 3 amide bonds. The van der Waals surface area contributed by atoms with Crippen molar-refractivity contribution >= 4 is 17.9 Å². The number of esters is 1. The molecule has 0 fully saturated rings. The van der Waals surface area contributed by atoms with Crippen LogP contribution < -0.4 is 10.6 Å². The van der Waals surface area contributed by atoms with Crippen LogP contribution in [0.2, 0.25) is 0 Å². The maximum atomic E-state index is 12.1. The topological polar surface area (TPSA) is 89.4 Å². The zero-order valence-electron chi connectivity index (χ0n) is 14.6. The van der Waals surface area contributed by atoms with E-state index in [4.69, 9.17) is 4.74 Å². The van der Waals surface area contributed by atoms with Crippen LogP contribution in [-0.2, 0) is 9.53 Å². The number of carbonyl (C=O) groups is 3. The fourth-order valence-corrected chi connectivity index (χ4v) is 2.38. The number of imide groups is 1. The monoisotopic (exact) mass is 343 g/mol. The quantitative estimate of drug-likeness (QED) is 0.832. The number of urea groups is 1. The van der Waals surface area contributed by atoms with Gasteiger partial charge in [0.25, 0.3) is 5.91 Å². The summed E-state index contributed by atoms with van der Waals surface area (Å²) in [6.45, 7) is 5.40. The number of rotatable bonds is 4. The third kappa shape index (κ3) is 4.26. The largest absolute Gasteiger partial charge is 0.449 e. The molecule has 7 nitrogen and oxygen atoms in total. The smallest absolute Gasteiger partial charge is 0.338 e. The number of aryl methyl sites for hydroxylation is 2. The van der Waals surface area contributed by atoms with Crippen molar-refractivity contribution in [2.24, 2.45) is 0 Å². The van der Waals surface area contributed by atoms with Crippen molar-refractivity contribution in [3.8, 4) is 5.69 Å². The van der Waals surface area contributed by atoms with Crippen molar-refractivity contribution in [2.75, 3.05) is 7.05 Å². The molecule has 7 heteroatoms. The van der Waals surface area contributed by atoms with E-state index >= 15 is 0 Å². The van der Waals surface area contributed by atoms with Gasteiger partial charge in [-0.2, -0.15) is 0 Å². The molecule has 0 aliphatic carbocycles. The summed E-state index contributed by atoms with van der Waals surface area (Å²) in [5, 5.41) is 4.31. The highest BCUT2D eigenvalue weighted by Crippen LogP contribution is 2.17. The second-order valence-corrected chi connectivity index (χ2v) is 5.61. The predicted molar refractivity (Wildman–Crippen MR) is 92.7 cm³/mol. The molecule has 0 aliphatic heterocycles. The van der Waals surface area contributed by atoms with E-state index in [1.54, 1.807) is 12.1 Å². The molecule has 132 valence electrons. The molecule has 0 spiro atoms. The van der Waals surface area contributed by atoms with Crippen LogP contribution in [-0.4, -0.2) is 35.6 Å². The van der Waals surface area contributed by atoms with Crippen LogP contribution in [0, 0.1) is 13.8 Å². The van der Waals surface area contributed by atoms with Crippen LogP contribution in [0.5, 0.6) is 0 Å². The Morgan fingerprint density at radius 1 is 1.00 bits per heavy atom. The molecule has 0 saturated carbocycles. The first-order valence-electron chi connectivity index (χ1n) is 7.82. The standard InChI is InChI=1S/C18H21N3O4/c1-11-5-6-12(2)21(11)15-9-7-14(8-10-15)17(23)25-13(3)16(22)20-18(24)19-4/h5-10,13H,1-4H3,(H2,19,20,22,24)/t13-/m0/s1. The first-order chi connectivity index (χ1) is 11.8. The Balaban J connectivity index is 2.06. The normalized spacial score (nSPS) is 11.5. The molecule has 1 aromatic carbocycles. The lowest BCUT2D eigenvalue weighted by Gasteiger charge is -2.13. The van der Waals surface area contributed by atoms with Crippen molar-refractivity contribution in [2.45, 2.75) is 26.9 Å². The Morgan fingerprint density at radius 3 is 2.08 bits per heavy atom. The lowest BCUT2D eigenvalue weighted by atomic mass is 10.2. The van der Waals surface area contributed by atoms with Gasteiger partial charge in [-0.25, -0.2) is 9.59 Å². The number of amides is 3. The number of carbonyl (C=O) groups excluding carboxylic acids is 3. The molecule has 2 N–H and O–H groups in total. The van der Waals surface area contributed by atoms with Gasteiger partial charge < -0.3 is 14.6 Å². The molecule has 2 aromatic rings. The second-order valence-electron chi connectivity index (χ2n) is 5.61. The molecule has 2 rings (SSSR count). The Labute approximate surface area is 146 Å². The predicted octanol–water partition coefficient (Wildman–Crippen LogP) is 2.10. The Hall–Kier alpha value is -3.09. The van der Waals surface area contributed by atoms with Crippen molar-refractivity contribution in [3.05, 3.63) is 53.3 Å². The second kappa shape index (κ2) is 7.65. The maximum Gasteiger partial charge on any atom is 0.338 e. The minimum atomic E-state index is -1.08. The van der Waals surface area contributed by atoms with Crippen molar-refractivity contribution in [1.82, 2.24) is 15.2 Å². The number of hydrogen-bond donors (Lipinski definition) is 2. The molecular formula is C18H21N3O4. The SMILES string of the molecule is CNC(=O)NC(=O)[C@H](C)OC(=O)c1ccc(-n2c(C)ccc2C)cc1. The van der Waals surface area contributed by atoms with E-state index in [-0.39, 0.29) is 0 Å². The zero-order valence-corrected chi connectivity index (χ0v) is 14.6. The van der Waals surface area contributed by atoms with Gasteiger partial charge in [-0.1, -0.05) is 0 Å². The van der Waals surface area contributed by atoms with Gasteiger partial charge in [0.15, 0.2) is 6.10 Å². The van der Waals surface area contributed by atoms with Crippen molar-refractivity contribution < 1.29 is 19.1 Å². The van der Waals surface area contributed by atoms with E-state index in [0.717, 1.165) is 17.1 Å². The number of benzene rings is 1. The van der Waals surface area contributed by atoms with E-state index < -0.39 is 24.0 Å². The maximum absolute atomic E-state index is 12.1. The Bertz CT molecular complexity index is 774. The lowest BCUT2D eigenvalue weighted by Crippen LogP contribution is -2.43. The summed E-state index contributed by atoms with van der Waals surface area (Å²) in [6, 6.07) is 10.3.